The Morgan fingerprint density at radius 2 is 0.900 bits per heavy atom. The maximum atomic E-state index is 13.6. The number of hydrogen-bond donors (Lipinski definition) is 0. The summed E-state index contributed by atoms with van der Waals surface area (Å²) >= 11 is 2.28. The Labute approximate surface area is 385 Å². The van der Waals surface area contributed by atoms with Gasteiger partial charge in [0.25, 0.3) is 0 Å². The van der Waals surface area contributed by atoms with E-state index in [1.807, 2.05) is 67.4 Å². The van der Waals surface area contributed by atoms with Gasteiger partial charge in [0, 0.05) is 59.6 Å². The third kappa shape index (κ3) is 15.8. The van der Waals surface area contributed by atoms with E-state index < -0.39 is 77.1 Å². The second kappa shape index (κ2) is 26.4. The molecule has 4 heterocycles. The van der Waals surface area contributed by atoms with Crippen LogP contribution in [0.25, 0.3) is 12.2 Å². The van der Waals surface area contributed by atoms with Gasteiger partial charge in [0.1, 0.15) is 0 Å². The van der Waals surface area contributed by atoms with Crippen LogP contribution in [-0.4, -0.2) is 43.9 Å². The van der Waals surface area contributed by atoms with Gasteiger partial charge in [-0.05, 0) is 119 Å². The van der Waals surface area contributed by atoms with Crippen molar-refractivity contribution in [1.82, 2.24) is 9.97 Å². The monoisotopic (exact) mass is 1140 g/mol. The fourth-order valence-electron chi connectivity index (χ4n) is 5.23. The highest BCUT2D eigenvalue weighted by atomic mass is 127. The number of rotatable bonds is 14. The first-order valence-corrected chi connectivity index (χ1v) is 25.2. The van der Waals surface area contributed by atoms with Crippen LogP contribution in [0.15, 0.2) is 49.1 Å². The summed E-state index contributed by atoms with van der Waals surface area (Å²) < 4.78 is 115. The summed E-state index contributed by atoms with van der Waals surface area (Å²) in [6.45, 7) is 0. The molecule has 324 valence electrons. The molecule has 0 N–H and O–H groups in total. The highest BCUT2D eigenvalue weighted by Crippen LogP contribution is 2.41. The van der Waals surface area contributed by atoms with E-state index in [1.165, 1.54) is 0 Å². The molecule has 0 spiro atoms. The topological polar surface area (TPSA) is 78.4 Å². The molecule has 2 aromatic carbocycles. The molecular weight excluding hydrogens is 1110 g/mol. The highest BCUT2D eigenvalue weighted by molar-refractivity contribution is 14.1. The molecule has 4 aromatic rings. The highest BCUT2D eigenvalue weighted by Gasteiger charge is 2.28. The van der Waals surface area contributed by atoms with Crippen LogP contribution in [0.4, 0.5) is 35.1 Å². The van der Waals surface area contributed by atoms with Crippen LogP contribution in [0, 0.1) is 53.7 Å². The zero-order valence-corrected chi connectivity index (χ0v) is 38.9. The van der Waals surface area contributed by atoms with E-state index in [0.29, 0.717) is 23.3 Å². The minimum atomic E-state index is -1.69. The normalized spacial score (nSPS) is 15.9. The number of unbranched alkanes of at least 4 members (excludes halogenated alkanes) is 2. The first-order chi connectivity index (χ1) is 28.8. The molecule has 60 heavy (non-hydrogen) atoms. The molecule has 0 unspecified atom stereocenters. The number of hydrogen-bond acceptors (Lipinski definition) is 10. The van der Waals surface area contributed by atoms with Gasteiger partial charge in [-0.25, -0.2) is 17.6 Å². The van der Waals surface area contributed by atoms with E-state index in [9.17, 15) is 44.7 Å². The Morgan fingerprint density at radius 1 is 0.567 bits per heavy atom. The molecule has 0 radical (unpaired) electrons. The van der Waals surface area contributed by atoms with Crippen LogP contribution in [0.5, 0.6) is 11.5 Å². The van der Waals surface area contributed by atoms with Gasteiger partial charge in [0.2, 0.25) is 34.8 Å². The lowest BCUT2D eigenvalue weighted by Gasteiger charge is -2.10. The van der Waals surface area contributed by atoms with Crippen LogP contribution >= 0.6 is 88.4 Å². The lowest BCUT2D eigenvalue weighted by molar-refractivity contribution is -0.135. The van der Waals surface area contributed by atoms with Crippen molar-refractivity contribution in [3.05, 3.63) is 114 Å². The predicted octanol–water partition coefficient (Wildman–Crippen LogP) is 13.6. The molecule has 2 saturated heterocycles. The van der Waals surface area contributed by atoms with Gasteiger partial charge in [-0.15, -0.1) is 0 Å². The summed E-state index contributed by atoms with van der Waals surface area (Å²) in [5, 5.41) is 1.15. The summed E-state index contributed by atoms with van der Waals surface area (Å²) in [5.74, 6) is -15.2. The molecule has 6 rings (SSSR count). The Kier molecular flexibility index (Phi) is 22.1. The standard InChI is InChI=1S/2C14H13F4IO2S2.C12H10N2/c2*15-9-11(17)14(12(18)10(16)13(9)19)21-8(20)4-2-1-3-7-5-6-22-23-7;1(11-3-7-13-8-4-11)2-12-5-9-14-10-6-12/h2*7H,1-6H2;1-10H/b;;2-1+/t2*7-;/m10./s1. The molecule has 2 aliphatic rings. The average molecular weight is 1140 g/mol. The fourth-order valence-corrected chi connectivity index (χ4v) is 12.2. The number of aromatic nitrogens is 2. The zero-order valence-electron chi connectivity index (χ0n) is 31.4. The second-order valence-electron chi connectivity index (χ2n) is 12.8. The minimum Gasteiger partial charge on any atom is -0.420 e. The fraction of sp³-hybridized carbons (Fsp3) is 0.350. The number of carbonyl (C=O) groups excluding carboxylic acids is 2. The van der Waals surface area contributed by atoms with Crippen molar-refractivity contribution in [2.45, 2.75) is 74.7 Å². The van der Waals surface area contributed by atoms with E-state index in [1.54, 1.807) is 24.8 Å². The van der Waals surface area contributed by atoms with Crippen LogP contribution < -0.4 is 9.47 Å². The predicted molar refractivity (Wildman–Crippen MR) is 240 cm³/mol. The van der Waals surface area contributed by atoms with E-state index in [-0.39, 0.29) is 12.8 Å². The molecular formula is C40H36F8I2N2O4S4. The number of esters is 2. The molecule has 20 heteroatoms. The van der Waals surface area contributed by atoms with Gasteiger partial charge >= 0.3 is 11.9 Å². The van der Waals surface area contributed by atoms with Crippen LogP contribution in [0.3, 0.4) is 0 Å². The number of halogens is 10. The maximum absolute atomic E-state index is 13.6. The smallest absolute Gasteiger partial charge is 0.311 e. The molecule has 0 amide bonds. The van der Waals surface area contributed by atoms with E-state index >= 15 is 0 Å². The number of ether oxygens (including phenoxy) is 2. The largest absolute Gasteiger partial charge is 0.420 e. The Hall–Kier alpha value is -2.28. The summed E-state index contributed by atoms with van der Waals surface area (Å²) in [6, 6.07) is 7.88. The van der Waals surface area contributed by atoms with E-state index in [4.69, 9.17) is 0 Å². The molecule has 2 aromatic heterocycles. The average Bonchev–Trinajstić information content (AvgIpc) is 4.00. The van der Waals surface area contributed by atoms with Gasteiger partial charge in [-0.1, -0.05) is 68.2 Å². The van der Waals surface area contributed by atoms with Crippen molar-refractivity contribution in [2.24, 2.45) is 0 Å². The molecule has 0 bridgehead atoms. The number of pyridine rings is 2. The summed E-state index contributed by atoms with van der Waals surface area (Å²) in [5.41, 5.74) is 2.30. The number of nitrogens with zero attached hydrogens (tertiary/aromatic N) is 2. The molecule has 6 nitrogen and oxygen atoms in total. The molecule has 2 fully saturated rings. The SMILES string of the molecule is C(=C\c1ccncc1)/c1ccncc1.O=C(CCCC[C@@H]1CCSS1)Oc1c(F)c(F)c(I)c(F)c1F.O=C(CCCC[C@H]1CCSS1)Oc1c(F)c(F)c(I)c(F)c1F. The van der Waals surface area contributed by atoms with E-state index in [2.05, 4.69) is 31.6 Å². The van der Waals surface area contributed by atoms with Crippen LogP contribution in [-0.2, 0) is 9.59 Å². The Morgan fingerprint density at radius 3 is 1.20 bits per heavy atom. The van der Waals surface area contributed by atoms with Crippen molar-refractivity contribution in [1.29, 1.82) is 0 Å². The first kappa shape index (κ1) is 50.4. The molecule has 2 aliphatic heterocycles. The molecule has 2 atom stereocenters. The van der Waals surface area contributed by atoms with E-state index in [0.717, 1.165) is 106 Å². The molecule has 0 saturated carbocycles. The second-order valence-corrected chi connectivity index (χ2v) is 20.5. The minimum absolute atomic E-state index is 0.0569. The quantitative estimate of drug-likeness (QED) is 0.0178. The Bertz CT molecular complexity index is 1870. The lowest BCUT2D eigenvalue weighted by Crippen LogP contribution is -2.13. The van der Waals surface area contributed by atoms with Crippen molar-refractivity contribution < 1.29 is 54.2 Å². The number of carbonyl (C=O) groups is 2. The van der Waals surface area contributed by atoms with Gasteiger partial charge in [-0.3, -0.25) is 19.6 Å². The first-order valence-electron chi connectivity index (χ1n) is 18.3. The van der Waals surface area contributed by atoms with Gasteiger partial charge in [-0.2, -0.15) is 17.6 Å². The van der Waals surface area contributed by atoms with Crippen molar-refractivity contribution >= 4 is 112 Å². The molecule has 0 aliphatic carbocycles. The summed E-state index contributed by atoms with van der Waals surface area (Å²) in [7, 11) is 7.31. The summed E-state index contributed by atoms with van der Waals surface area (Å²) in [6.07, 6.45) is 17.9. The summed E-state index contributed by atoms with van der Waals surface area (Å²) in [4.78, 5) is 31.1. The van der Waals surface area contributed by atoms with Crippen molar-refractivity contribution in [3.63, 3.8) is 0 Å². The van der Waals surface area contributed by atoms with Crippen molar-refractivity contribution in [3.8, 4) is 11.5 Å². The van der Waals surface area contributed by atoms with Crippen molar-refractivity contribution in [2.75, 3.05) is 11.5 Å². The van der Waals surface area contributed by atoms with Crippen LogP contribution in [0.2, 0.25) is 0 Å². The third-order valence-corrected chi connectivity index (χ3v) is 16.3. The van der Waals surface area contributed by atoms with Gasteiger partial charge in [0.05, 0.1) is 7.14 Å². The number of benzene rings is 2. The Balaban J connectivity index is 0.000000205. The maximum Gasteiger partial charge on any atom is 0.311 e. The van der Waals surface area contributed by atoms with Crippen LogP contribution in [0.1, 0.15) is 75.3 Å². The van der Waals surface area contributed by atoms with Gasteiger partial charge < -0.3 is 9.47 Å². The third-order valence-electron chi connectivity index (χ3n) is 8.42. The van der Waals surface area contributed by atoms with Gasteiger partial charge in [0.15, 0.2) is 23.3 Å². The zero-order chi connectivity index (χ0) is 43.6. The lowest BCUT2D eigenvalue weighted by atomic mass is 10.1.